The molecule has 0 saturated heterocycles. The third-order valence-corrected chi connectivity index (χ3v) is 4.23. The van der Waals surface area contributed by atoms with Crippen LogP contribution in [0, 0.1) is 0 Å². The van der Waals surface area contributed by atoms with Gasteiger partial charge >= 0.3 is 0 Å². The van der Waals surface area contributed by atoms with Gasteiger partial charge in [-0.3, -0.25) is 4.99 Å². The van der Waals surface area contributed by atoms with Crippen LogP contribution >= 0.6 is 24.0 Å². The molecule has 0 amide bonds. The Morgan fingerprint density at radius 3 is 2.76 bits per heavy atom. The van der Waals surface area contributed by atoms with E-state index in [0.717, 1.165) is 50.5 Å². The van der Waals surface area contributed by atoms with Crippen molar-refractivity contribution in [2.24, 2.45) is 4.99 Å². The number of methoxy groups -OCH3 is 1. The van der Waals surface area contributed by atoms with Gasteiger partial charge < -0.3 is 20.1 Å². The number of rotatable bonds is 7. The molecule has 0 spiro atoms. The molecule has 0 saturated carbocycles. The second kappa shape index (κ2) is 10.9. The Labute approximate surface area is 169 Å². The Balaban J connectivity index is 0.00000312. The summed E-state index contributed by atoms with van der Waals surface area (Å²) >= 11 is 0. The summed E-state index contributed by atoms with van der Waals surface area (Å²) in [5, 5.41) is 6.96. The Bertz CT molecular complexity index is 549. The Hall–Kier alpha value is -1.02. The van der Waals surface area contributed by atoms with Gasteiger partial charge in [0, 0.05) is 39.3 Å². The summed E-state index contributed by atoms with van der Waals surface area (Å²) in [7, 11) is 3.56. The summed E-state index contributed by atoms with van der Waals surface area (Å²) in [5.41, 5.74) is 1.00. The number of ether oxygens (including phenoxy) is 2. The topological polar surface area (TPSA) is 54.9 Å². The number of unbranched alkanes of at least 4 members (excludes halogenated alkanes) is 2. The lowest BCUT2D eigenvalue weighted by Crippen LogP contribution is -2.45. The molecule has 1 unspecified atom stereocenters. The van der Waals surface area contributed by atoms with Crippen LogP contribution in [-0.4, -0.2) is 38.9 Å². The molecule has 1 aliphatic heterocycles. The zero-order valence-corrected chi connectivity index (χ0v) is 18.1. The number of nitrogens with zero attached hydrogens (tertiary/aromatic N) is 1. The van der Waals surface area contributed by atoms with E-state index < -0.39 is 0 Å². The molecule has 2 N–H and O–H groups in total. The van der Waals surface area contributed by atoms with Gasteiger partial charge in [-0.15, -0.1) is 24.0 Å². The Morgan fingerprint density at radius 2 is 2.04 bits per heavy atom. The number of halogens is 1. The highest BCUT2D eigenvalue weighted by atomic mass is 127. The van der Waals surface area contributed by atoms with Crippen LogP contribution in [0.3, 0.4) is 0 Å². The van der Waals surface area contributed by atoms with Crippen LogP contribution in [0.5, 0.6) is 5.75 Å². The predicted molar refractivity (Wildman–Crippen MR) is 114 cm³/mol. The van der Waals surface area contributed by atoms with E-state index in [4.69, 9.17) is 9.47 Å². The molecule has 0 radical (unpaired) electrons. The number of guanidine groups is 1. The first kappa shape index (κ1) is 22.0. The fraction of sp³-hybridized carbons (Fsp3) is 0.632. The van der Waals surface area contributed by atoms with E-state index in [1.807, 2.05) is 19.2 Å². The molecular weight excluding hydrogens is 429 g/mol. The second-order valence-corrected chi connectivity index (χ2v) is 6.85. The van der Waals surface area contributed by atoms with Crippen molar-refractivity contribution in [2.45, 2.75) is 51.2 Å². The van der Waals surface area contributed by atoms with E-state index in [2.05, 4.69) is 41.6 Å². The second-order valence-electron chi connectivity index (χ2n) is 6.85. The molecular formula is C19H32IN3O2. The predicted octanol–water partition coefficient (Wildman–Crippen LogP) is 3.89. The summed E-state index contributed by atoms with van der Waals surface area (Å²) in [4.78, 5) is 4.37. The van der Waals surface area contributed by atoms with Crippen molar-refractivity contribution in [3.05, 3.63) is 29.8 Å². The largest absolute Gasteiger partial charge is 0.487 e. The van der Waals surface area contributed by atoms with Crippen LogP contribution in [0.1, 0.15) is 51.1 Å². The van der Waals surface area contributed by atoms with Crippen molar-refractivity contribution in [1.29, 1.82) is 0 Å². The first-order valence-corrected chi connectivity index (χ1v) is 8.80. The molecule has 6 heteroatoms. The first-order valence-electron chi connectivity index (χ1n) is 8.80. The molecule has 1 heterocycles. The fourth-order valence-corrected chi connectivity index (χ4v) is 3.05. The molecule has 5 nitrogen and oxygen atoms in total. The number of para-hydroxylation sites is 1. The van der Waals surface area contributed by atoms with Gasteiger partial charge in [-0.25, -0.2) is 0 Å². The molecule has 25 heavy (non-hydrogen) atoms. The number of benzene rings is 1. The molecule has 0 fully saturated rings. The summed E-state index contributed by atoms with van der Waals surface area (Å²) in [5.74, 6) is 1.81. The maximum Gasteiger partial charge on any atom is 0.191 e. The van der Waals surface area contributed by atoms with E-state index in [9.17, 15) is 0 Å². The van der Waals surface area contributed by atoms with Crippen molar-refractivity contribution in [3.63, 3.8) is 0 Å². The van der Waals surface area contributed by atoms with Crippen molar-refractivity contribution >= 4 is 29.9 Å². The van der Waals surface area contributed by atoms with E-state index in [-0.39, 0.29) is 35.6 Å². The van der Waals surface area contributed by atoms with Crippen LogP contribution in [-0.2, 0) is 4.74 Å². The Kier molecular flexibility index (Phi) is 9.56. The van der Waals surface area contributed by atoms with Gasteiger partial charge in [0.05, 0.1) is 6.04 Å². The summed E-state index contributed by atoms with van der Waals surface area (Å²) in [6.07, 6.45) is 4.27. The minimum absolute atomic E-state index is 0. The molecule has 142 valence electrons. The number of hydrogen-bond donors (Lipinski definition) is 2. The Morgan fingerprint density at radius 1 is 1.28 bits per heavy atom. The monoisotopic (exact) mass is 461 g/mol. The molecule has 0 aliphatic carbocycles. The van der Waals surface area contributed by atoms with Crippen LogP contribution in [0.25, 0.3) is 0 Å². The third kappa shape index (κ3) is 7.01. The standard InChI is InChI=1S/C19H31N3O2.HI/c1-19(2)14-16(15-10-6-7-11-17(15)24-19)22-18(20-3)21-12-8-5-9-13-23-4;/h6-7,10-11,16H,5,8-9,12-14H2,1-4H3,(H2,20,21,22);1H. The van der Waals surface area contributed by atoms with E-state index in [0.29, 0.717) is 0 Å². The number of fused-ring (bicyclic) bond motifs is 1. The lowest BCUT2D eigenvalue weighted by Gasteiger charge is -2.38. The van der Waals surface area contributed by atoms with Crippen molar-refractivity contribution < 1.29 is 9.47 Å². The highest BCUT2D eigenvalue weighted by molar-refractivity contribution is 14.0. The minimum atomic E-state index is -0.189. The van der Waals surface area contributed by atoms with Crippen molar-refractivity contribution in [2.75, 3.05) is 27.3 Å². The number of aliphatic imine (C=N–C) groups is 1. The molecule has 0 aromatic heterocycles. The fourth-order valence-electron chi connectivity index (χ4n) is 3.05. The maximum atomic E-state index is 6.09. The zero-order valence-electron chi connectivity index (χ0n) is 15.8. The van der Waals surface area contributed by atoms with Crippen LogP contribution in [0.2, 0.25) is 0 Å². The number of nitrogens with one attached hydrogen (secondary N) is 2. The summed E-state index contributed by atoms with van der Waals surface area (Å²) in [6, 6.07) is 8.44. The summed E-state index contributed by atoms with van der Waals surface area (Å²) in [6.45, 7) is 6.01. The van der Waals surface area contributed by atoms with Gasteiger partial charge in [-0.05, 0) is 39.2 Å². The SMILES string of the molecule is CN=C(NCCCCCOC)NC1CC(C)(C)Oc2ccccc21.I. The van der Waals surface area contributed by atoms with E-state index >= 15 is 0 Å². The molecule has 1 aliphatic rings. The lowest BCUT2D eigenvalue weighted by molar-refractivity contribution is 0.0694. The normalized spacial score (nSPS) is 18.6. The van der Waals surface area contributed by atoms with Gasteiger partial charge in [-0.1, -0.05) is 18.2 Å². The highest BCUT2D eigenvalue weighted by Gasteiger charge is 2.33. The first-order chi connectivity index (χ1) is 11.6. The number of hydrogen-bond acceptors (Lipinski definition) is 3. The average Bonchev–Trinajstić information content (AvgIpc) is 2.55. The van der Waals surface area contributed by atoms with Gasteiger partial charge in [0.1, 0.15) is 11.4 Å². The molecule has 1 atom stereocenters. The molecule has 2 rings (SSSR count). The maximum absolute atomic E-state index is 6.09. The van der Waals surface area contributed by atoms with Gasteiger partial charge in [0.15, 0.2) is 5.96 Å². The minimum Gasteiger partial charge on any atom is -0.487 e. The van der Waals surface area contributed by atoms with Crippen molar-refractivity contribution in [1.82, 2.24) is 10.6 Å². The molecule has 1 aromatic carbocycles. The average molecular weight is 461 g/mol. The van der Waals surface area contributed by atoms with E-state index in [1.165, 1.54) is 5.56 Å². The van der Waals surface area contributed by atoms with Gasteiger partial charge in [-0.2, -0.15) is 0 Å². The van der Waals surface area contributed by atoms with Crippen LogP contribution in [0.15, 0.2) is 29.3 Å². The van der Waals surface area contributed by atoms with Crippen LogP contribution in [0.4, 0.5) is 0 Å². The summed E-state index contributed by atoms with van der Waals surface area (Å²) < 4.78 is 11.2. The van der Waals surface area contributed by atoms with Crippen LogP contribution < -0.4 is 15.4 Å². The van der Waals surface area contributed by atoms with Gasteiger partial charge in [0.2, 0.25) is 0 Å². The highest BCUT2D eigenvalue weighted by Crippen LogP contribution is 2.39. The third-order valence-electron chi connectivity index (χ3n) is 4.23. The zero-order chi connectivity index (χ0) is 17.4. The van der Waals surface area contributed by atoms with E-state index in [1.54, 1.807) is 7.11 Å². The molecule has 0 bridgehead atoms. The quantitative estimate of drug-likeness (QED) is 0.280. The van der Waals surface area contributed by atoms with Gasteiger partial charge in [0.25, 0.3) is 0 Å². The smallest absolute Gasteiger partial charge is 0.191 e. The lowest BCUT2D eigenvalue weighted by atomic mass is 9.90. The van der Waals surface area contributed by atoms with Crippen molar-refractivity contribution in [3.8, 4) is 5.75 Å². The molecule has 1 aromatic rings.